The number of benzene rings is 1. The third kappa shape index (κ3) is 5.08. The van der Waals surface area contributed by atoms with Gasteiger partial charge in [-0.1, -0.05) is 24.6 Å². The minimum atomic E-state index is -4.17. The highest BCUT2D eigenvalue weighted by atomic mass is 32.2. The molecule has 0 heterocycles. The Kier molecular flexibility index (Phi) is 6.52. The number of ether oxygens (including phenoxy) is 1. The number of hydrogen-bond donors (Lipinski definition) is 1. The lowest BCUT2D eigenvalue weighted by molar-refractivity contribution is -0.161. The highest BCUT2D eigenvalue weighted by Gasteiger charge is 2.33. The minimum Gasteiger partial charge on any atom is -0.461 e. The van der Waals surface area contributed by atoms with Gasteiger partial charge in [-0.25, -0.2) is 8.98 Å². The van der Waals surface area contributed by atoms with E-state index in [0.29, 0.717) is 6.42 Å². The Hall–Kier alpha value is -1.44. The lowest BCUT2D eigenvalue weighted by Crippen LogP contribution is -2.39. The smallest absolute Gasteiger partial charge is 0.339 e. The van der Waals surface area contributed by atoms with Crippen molar-refractivity contribution in [2.45, 2.75) is 57.3 Å². The molecule has 0 aromatic heterocycles. The molecule has 0 aliphatic rings. The predicted octanol–water partition coefficient (Wildman–Crippen LogP) is 1.79. The fraction of sp³-hybridized carbons (Fsp3) is 0.533. The third-order valence-electron chi connectivity index (χ3n) is 3.10. The van der Waals surface area contributed by atoms with Crippen LogP contribution in [0.25, 0.3) is 0 Å². The molecule has 0 aliphatic heterocycles. The van der Waals surface area contributed by atoms with Crippen LogP contribution in [-0.2, 0) is 23.8 Å². The standard InChI is InChI=1S/C15H22O6S/c1-5-11(3)20-15(17)14(12(4)16)21-22(18,19)13-8-6-10(2)7-9-13/h6-9,11-12,14,16H,5H2,1-4H3. The van der Waals surface area contributed by atoms with Crippen molar-refractivity contribution < 1.29 is 27.2 Å². The zero-order chi connectivity index (χ0) is 16.9. The molecule has 0 bridgehead atoms. The van der Waals surface area contributed by atoms with Crippen molar-refractivity contribution in [3.8, 4) is 0 Å². The van der Waals surface area contributed by atoms with E-state index in [1.165, 1.54) is 19.1 Å². The van der Waals surface area contributed by atoms with Crippen molar-refractivity contribution >= 4 is 16.1 Å². The molecule has 1 aromatic rings. The molecule has 1 rings (SSSR count). The largest absolute Gasteiger partial charge is 0.461 e. The summed E-state index contributed by atoms with van der Waals surface area (Å²) in [6.07, 6.45) is -2.74. The summed E-state index contributed by atoms with van der Waals surface area (Å²) in [5, 5.41) is 9.63. The van der Waals surface area contributed by atoms with Gasteiger partial charge in [0.15, 0.2) is 6.10 Å². The summed E-state index contributed by atoms with van der Waals surface area (Å²) in [5.41, 5.74) is 0.891. The first-order chi connectivity index (χ1) is 10.2. The van der Waals surface area contributed by atoms with Gasteiger partial charge in [0.25, 0.3) is 10.1 Å². The monoisotopic (exact) mass is 330 g/mol. The first-order valence-electron chi connectivity index (χ1n) is 7.06. The van der Waals surface area contributed by atoms with Gasteiger partial charge in [-0.2, -0.15) is 8.42 Å². The van der Waals surface area contributed by atoms with Gasteiger partial charge in [0.1, 0.15) is 0 Å². The quantitative estimate of drug-likeness (QED) is 0.605. The maximum absolute atomic E-state index is 12.2. The maximum atomic E-state index is 12.2. The average Bonchev–Trinajstić information content (AvgIpc) is 2.44. The summed E-state index contributed by atoms with van der Waals surface area (Å²) in [5.74, 6) is -0.903. The normalized spacial score (nSPS) is 15.9. The summed E-state index contributed by atoms with van der Waals surface area (Å²) >= 11 is 0. The van der Waals surface area contributed by atoms with Gasteiger partial charge < -0.3 is 9.84 Å². The SMILES string of the molecule is CCC(C)OC(=O)C(OS(=O)(=O)c1ccc(C)cc1)C(C)O. The Bertz CT molecular complexity index is 591. The van der Waals surface area contributed by atoms with Crippen LogP contribution in [0.5, 0.6) is 0 Å². The Balaban J connectivity index is 2.94. The lowest BCUT2D eigenvalue weighted by atomic mass is 10.2. The number of hydrogen-bond acceptors (Lipinski definition) is 6. The topological polar surface area (TPSA) is 89.9 Å². The summed E-state index contributed by atoms with van der Waals surface area (Å²) in [6.45, 7) is 6.58. The van der Waals surface area contributed by atoms with Crippen molar-refractivity contribution in [2.24, 2.45) is 0 Å². The van der Waals surface area contributed by atoms with Crippen molar-refractivity contribution in [1.29, 1.82) is 0 Å². The van der Waals surface area contributed by atoms with Crippen LogP contribution in [0.2, 0.25) is 0 Å². The third-order valence-corrected chi connectivity index (χ3v) is 4.41. The highest BCUT2D eigenvalue weighted by Crippen LogP contribution is 2.18. The van der Waals surface area contributed by atoms with Gasteiger partial charge in [-0.15, -0.1) is 0 Å². The fourth-order valence-corrected chi connectivity index (χ4v) is 2.66. The van der Waals surface area contributed by atoms with Crippen LogP contribution < -0.4 is 0 Å². The molecule has 3 atom stereocenters. The van der Waals surface area contributed by atoms with E-state index in [-0.39, 0.29) is 11.0 Å². The molecule has 0 spiro atoms. The van der Waals surface area contributed by atoms with E-state index in [4.69, 9.17) is 8.92 Å². The Morgan fingerprint density at radius 2 is 1.77 bits per heavy atom. The number of rotatable bonds is 7. The first kappa shape index (κ1) is 18.6. The van der Waals surface area contributed by atoms with E-state index < -0.39 is 28.3 Å². The van der Waals surface area contributed by atoms with Gasteiger partial charge >= 0.3 is 5.97 Å². The zero-order valence-electron chi connectivity index (χ0n) is 13.1. The fourth-order valence-electron chi connectivity index (χ4n) is 1.56. The van der Waals surface area contributed by atoms with Crippen molar-refractivity contribution in [1.82, 2.24) is 0 Å². The molecule has 0 saturated heterocycles. The van der Waals surface area contributed by atoms with E-state index in [2.05, 4.69) is 0 Å². The second kappa shape index (κ2) is 7.71. The van der Waals surface area contributed by atoms with Crippen molar-refractivity contribution in [3.05, 3.63) is 29.8 Å². The molecule has 0 aliphatic carbocycles. The second-order valence-electron chi connectivity index (χ2n) is 5.18. The Labute approximate surface area is 131 Å². The van der Waals surface area contributed by atoms with Gasteiger partial charge in [-0.05, 0) is 39.3 Å². The van der Waals surface area contributed by atoms with E-state index in [0.717, 1.165) is 5.56 Å². The molecular weight excluding hydrogens is 308 g/mol. The predicted molar refractivity (Wildman–Crippen MR) is 80.8 cm³/mol. The summed E-state index contributed by atoms with van der Waals surface area (Å²) < 4.78 is 34.3. The van der Waals surface area contributed by atoms with Crippen LogP contribution >= 0.6 is 0 Å². The molecule has 1 aromatic carbocycles. The molecule has 1 N–H and O–H groups in total. The number of aryl methyl sites for hydroxylation is 1. The van der Waals surface area contributed by atoms with Crippen molar-refractivity contribution in [3.63, 3.8) is 0 Å². The Morgan fingerprint density at radius 1 is 1.23 bits per heavy atom. The van der Waals surface area contributed by atoms with Gasteiger partial charge in [0.2, 0.25) is 0 Å². The highest BCUT2D eigenvalue weighted by molar-refractivity contribution is 7.86. The van der Waals surface area contributed by atoms with Crippen LogP contribution in [0.1, 0.15) is 32.8 Å². The number of aliphatic hydroxyl groups excluding tert-OH is 1. The van der Waals surface area contributed by atoms with Gasteiger partial charge in [0.05, 0.1) is 17.1 Å². The van der Waals surface area contributed by atoms with E-state index in [1.807, 2.05) is 13.8 Å². The molecule has 0 fully saturated rings. The van der Waals surface area contributed by atoms with Crippen LogP contribution in [0.3, 0.4) is 0 Å². The van der Waals surface area contributed by atoms with E-state index >= 15 is 0 Å². The van der Waals surface area contributed by atoms with Crippen LogP contribution in [0.4, 0.5) is 0 Å². The molecule has 6 nitrogen and oxygen atoms in total. The summed E-state index contributed by atoms with van der Waals surface area (Å²) in [4.78, 5) is 11.9. The molecule has 22 heavy (non-hydrogen) atoms. The Morgan fingerprint density at radius 3 is 2.23 bits per heavy atom. The van der Waals surface area contributed by atoms with Crippen LogP contribution in [0.15, 0.2) is 29.2 Å². The average molecular weight is 330 g/mol. The van der Waals surface area contributed by atoms with Crippen LogP contribution in [-0.4, -0.2) is 37.8 Å². The maximum Gasteiger partial charge on any atom is 0.339 e. The van der Waals surface area contributed by atoms with E-state index in [1.54, 1.807) is 19.1 Å². The zero-order valence-corrected chi connectivity index (χ0v) is 14.0. The van der Waals surface area contributed by atoms with Gasteiger partial charge in [-0.3, -0.25) is 0 Å². The lowest BCUT2D eigenvalue weighted by Gasteiger charge is -2.21. The van der Waals surface area contributed by atoms with Crippen molar-refractivity contribution in [2.75, 3.05) is 0 Å². The summed E-state index contributed by atoms with van der Waals surface area (Å²) in [6, 6.07) is 5.99. The number of aliphatic hydroxyl groups is 1. The molecule has 3 unspecified atom stereocenters. The number of carbonyl (C=O) groups is 1. The molecule has 0 radical (unpaired) electrons. The van der Waals surface area contributed by atoms with Gasteiger partial charge in [0, 0.05) is 0 Å². The second-order valence-corrected chi connectivity index (χ2v) is 6.75. The molecule has 124 valence electrons. The molecule has 0 amide bonds. The summed E-state index contributed by atoms with van der Waals surface area (Å²) in [7, 11) is -4.17. The molecular formula is C15H22O6S. The number of esters is 1. The molecule has 7 heteroatoms. The number of carbonyl (C=O) groups excluding carboxylic acids is 1. The first-order valence-corrected chi connectivity index (χ1v) is 8.46. The molecule has 0 saturated carbocycles. The van der Waals surface area contributed by atoms with E-state index in [9.17, 15) is 18.3 Å². The van der Waals surface area contributed by atoms with Crippen LogP contribution in [0, 0.1) is 6.92 Å². The minimum absolute atomic E-state index is 0.0833.